The number of hydrogen-bond acceptors (Lipinski definition) is 7. The van der Waals surface area contributed by atoms with Crippen molar-refractivity contribution in [1.29, 1.82) is 0 Å². The van der Waals surface area contributed by atoms with Crippen LogP contribution in [0.2, 0.25) is 0 Å². The number of hydrogen-bond donors (Lipinski definition) is 1. The first-order valence-corrected chi connectivity index (χ1v) is 8.44. The highest BCUT2D eigenvalue weighted by Gasteiger charge is 2.47. The minimum absolute atomic E-state index is 0.197. The van der Waals surface area contributed by atoms with Gasteiger partial charge >= 0.3 is 11.9 Å². The van der Waals surface area contributed by atoms with E-state index in [-0.39, 0.29) is 6.61 Å². The topological polar surface area (TPSA) is 91.3 Å². The quantitative estimate of drug-likeness (QED) is 0.773. The molecule has 0 saturated carbocycles. The van der Waals surface area contributed by atoms with E-state index < -0.39 is 36.5 Å². The van der Waals surface area contributed by atoms with Gasteiger partial charge in [0.15, 0.2) is 12.4 Å². The molecule has 0 bridgehead atoms. The average molecular weight is 372 g/mol. The van der Waals surface area contributed by atoms with Crippen molar-refractivity contribution in [3.8, 4) is 0 Å². The van der Waals surface area contributed by atoms with E-state index in [9.17, 15) is 14.7 Å². The minimum Gasteiger partial charge on any atom is -0.459 e. The van der Waals surface area contributed by atoms with Crippen LogP contribution in [0, 0.1) is 0 Å². The molecule has 3 rings (SSSR count). The van der Waals surface area contributed by atoms with E-state index in [2.05, 4.69) is 0 Å². The van der Waals surface area contributed by atoms with Gasteiger partial charge in [-0.1, -0.05) is 36.4 Å². The summed E-state index contributed by atoms with van der Waals surface area (Å²) in [6, 6.07) is 16.9. The van der Waals surface area contributed by atoms with E-state index >= 15 is 0 Å². The monoisotopic (exact) mass is 372 g/mol. The lowest BCUT2D eigenvalue weighted by atomic mass is 10.1. The molecule has 0 aliphatic carbocycles. The largest absolute Gasteiger partial charge is 0.459 e. The maximum atomic E-state index is 12.3. The summed E-state index contributed by atoms with van der Waals surface area (Å²) in [4.78, 5) is 24.4. The Labute approximate surface area is 156 Å². The number of esters is 2. The van der Waals surface area contributed by atoms with Crippen molar-refractivity contribution >= 4 is 11.9 Å². The van der Waals surface area contributed by atoms with Gasteiger partial charge in [-0.15, -0.1) is 0 Å². The Hall–Kier alpha value is -2.74. The number of rotatable bonds is 6. The van der Waals surface area contributed by atoms with E-state index in [0.717, 1.165) is 0 Å². The van der Waals surface area contributed by atoms with E-state index in [0.29, 0.717) is 11.1 Å². The summed E-state index contributed by atoms with van der Waals surface area (Å²) in [6.07, 6.45) is -4.08. The van der Waals surface area contributed by atoms with Crippen molar-refractivity contribution in [2.75, 3.05) is 13.7 Å². The molecule has 1 aliphatic rings. The normalized spacial score (nSPS) is 24.4. The fraction of sp³-hybridized carbons (Fsp3) is 0.300. The lowest BCUT2D eigenvalue weighted by Gasteiger charge is -2.20. The van der Waals surface area contributed by atoms with Crippen molar-refractivity contribution in [1.82, 2.24) is 0 Å². The van der Waals surface area contributed by atoms with Crippen molar-refractivity contribution in [3.63, 3.8) is 0 Å². The molecule has 7 nitrogen and oxygen atoms in total. The highest BCUT2D eigenvalue weighted by Crippen LogP contribution is 2.26. The lowest BCUT2D eigenvalue weighted by Crippen LogP contribution is -2.39. The third-order valence-corrected chi connectivity index (χ3v) is 4.16. The summed E-state index contributed by atoms with van der Waals surface area (Å²) in [7, 11) is 1.36. The molecular weight excluding hydrogens is 352 g/mol. The molecule has 2 aromatic rings. The van der Waals surface area contributed by atoms with Gasteiger partial charge in [0, 0.05) is 7.11 Å². The van der Waals surface area contributed by atoms with Gasteiger partial charge in [0.05, 0.1) is 11.1 Å². The number of carbonyl (C=O) groups is 2. The van der Waals surface area contributed by atoms with Gasteiger partial charge in [-0.2, -0.15) is 0 Å². The molecule has 4 unspecified atom stereocenters. The first kappa shape index (κ1) is 19.0. The molecule has 0 aromatic heterocycles. The Kier molecular flexibility index (Phi) is 6.18. The number of methoxy groups -OCH3 is 1. The molecule has 27 heavy (non-hydrogen) atoms. The van der Waals surface area contributed by atoms with Crippen LogP contribution in [-0.4, -0.2) is 55.4 Å². The molecule has 1 saturated heterocycles. The van der Waals surface area contributed by atoms with Gasteiger partial charge < -0.3 is 24.1 Å². The zero-order valence-electron chi connectivity index (χ0n) is 14.7. The highest BCUT2D eigenvalue weighted by atomic mass is 16.7. The predicted octanol–water partition coefficient (Wildman–Crippen LogP) is 1.80. The number of benzene rings is 2. The molecule has 142 valence electrons. The van der Waals surface area contributed by atoms with E-state index in [1.54, 1.807) is 60.7 Å². The van der Waals surface area contributed by atoms with E-state index in [1.165, 1.54) is 7.11 Å². The summed E-state index contributed by atoms with van der Waals surface area (Å²) in [6.45, 7) is -0.197. The van der Waals surface area contributed by atoms with Gasteiger partial charge in [0.25, 0.3) is 0 Å². The molecule has 1 fully saturated rings. The standard InChI is InChI=1S/C20H20O7/c1-24-20-16(21)17(27-19(23)14-10-6-3-7-11-14)15(26-20)12-25-18(22)13-8-4-2-5-9-13/h2-11,15-17,20-21H,12H2,1H3. The molecule has 1 heterocycles. The van der Waals surface area contributed by atoms with Crippen LogP contribution < -0.4 is 0 Å². The average Bonchev–Trinajstić information content (AvgIpc) is 3.02. The summed E-state index contributed by atoms with van der Waals surface area (Å²) < 4.78 is 21.2. The number of aliphatic hydroxyl groups is 1. The molecule has 0 spiro atoms. The molecule has 0 radical (unpaired) electrons. The second-order valence-corrected chi connectivity index (χ2v) is 5.97. The highest BCUT2D eigenvalue weighted by molar-refractivity contribution is 5.90. The number of ether oxygens (including phenoxy) is 4. The molecule has 4 atom stereocenters. The van der Waals surface area contributed by atoms with Gasteiger partial charge in [0.2, 0.25) is 0 Å². The Bertz CT molecular complexity index is 762. The van der Waals surface area contributed by atoms with Crippen LogP contribution in [-0.2, 0) is 18.9 Å². The molecule has 2 aromatic carbocycles. The Morgan fingerprint density at radius 3 is 2.07 bits per heavy atom. The molecule has 1 N–H and O–H groups in total. The van der Waals surface area contributed by atoms with Crippen molar-refractivity contribution in [3.05, 3.63) is 71.8 Å². The van der Waals surface area contributed by atoms with E-state index in [1.807, 2.05) is 0 Å². The van der Waals surface area contributed by atoms with Crippen LogP contribution in [0.15, 0.2) is 60.7 Å². The second-order valence-electron chi connectivity index (χ2n) is 5.97. The smallest absolute Gasteiger partial charge is 0.338 e. The van der Waals surface area contributed by atoms with Gasteiger partial charge in [-0.3, -0.25) is 0 Å². The zero-order chi connectivity index (χ0) is 19.2. The van der Waals surface area contributed by atoms with Crippen LogP contribution in [0.4, 0.5) is 0 Å². The predicted molar refractivity (Wildman–Crippen MR) is 94.0 cm³/mol. The fourth-order valence-corrected chi connectivity index (χ4v) is 2.76. The van der Waals surface area contributed by atoms with Gasteiger partial charge in [-0.25, -0.2) is 9.59 Å². The second kappa shape index (κ2) is 8.77. The van der Waals surface area contributed by atoms with Crippen molar-refractivity contribution in [2.24, 2.45) is 0 Å². The Morgan fingerprint density at radius 1 is 0.963 bits per heavy atom. The summed E-state index contributed by atoms with van der Waals surface area (Å²) in [5, 5.41) is 10.3. The zero-order valence-corrected chi connectivity index (χ0v) is 14.7. The number of aliphatic hydroxyl groups excluding tert-OH is 1. The Balaban J connectivity index is 1.66. The van der Waals surface area contributed by atoms with Crippen LogP contribution >= 0.6 is 0 Å². The fourth-order valence-electron chi connectivity index (χ4n) is 2.76. The third kappa shape index (κ3) is 4.51. The van der Waals surface area contributed by atoms with Crippen LogP contribution in [0.25, 0.3) is 0 Å². The maximum Gasteiger partial charge on any atom is 0.338 e. The Morgan fingerprint density at radius 2 is 1.52 bits per heavy atom. The molecular formula is C20H20O7. The maximum absolute atomic E-state index is 12.3. The van der Waals surface area contributed by atoms with Gasteiger partial charge in [0.1, 0.15) is 18.8 Å². The van der Waals surface area contributed by atoms with E-state index in [4.69, 9.17) is 18.9 Å². The minimum atomic E-state index is -1.21. The van der Waals surface area contributed by atoms with Gasteiger partial charge in [-0.05, 0) is 24.3 Å². The summed E-state index contributed by atoms with van der Waals surface area (Å²) >= 11 is 0. The molecule has 7 heteroatoms. The molecule has 0 amide bonds. The van der Waals surface area contributed by atoms with Crippen LogP contribution in [0.3, 0.4) is 0 Å². The first-order chi connectivity index (χ1) is 13.1. The van der Waals surface area contributed by atoms with Crippen molar-refractivity contribution in [2.45, 2.75) is 24.6 Å². The van der Waals surface area contributed by atoms with Crippen LogP contribution in [0.1, 0.15) is 20.7 Å². The van der Waals surface area contributed by atoms with Crippen molar-refractivity contribution < 1.29 is 33.6 Å². The first-order valence-electron chi connectivity index (χ1n) is 8.44. The molecule has 1 aliphatic heterocycles. The SMILES string of the molecule is COC1OC(COC(=O)c2ccccc2)C(OC(=O)c2ccccc2)C1O. The van der Waals surface area contributed by atoms with Crippen LogP contribution in [0.5, 0.6) is 0 Å². The number of carbonyl (C=O) groups excluding carboxylic acids is 2. The summed E-state index contributed by atoms with van der Waals surface area (Å²) in [5.74, 6) is -1.15. The summed E-state index contributed by atoms with van der Waals surface area (Å²) in [5.41, 5.74) is 0.725. The lowest BCUT2D eigenvalue weighted by molar-refractivity contribution is -0.153. The third-order valence-electron chi connectivity index (χ3n) is 4.16.